The average molecular weight is 441 g/mol. The van der Waals surface area contributed by atoms with Crippen LogP contribution in [0.5, 0.6) is 0 Å². The van der Waals surface area contributed by atoms with Gasteiger partial charge >= 0.3 is 0 Å². The number of hydrogen-bond acceptors (Lipinski definition) is 2. The van der Waals surface area contributed by atoms with Crippen LogP contribution in [0.15, 0.2) is 0 Å². The molecule has 1 unspecified atom stereocenters. The van der Waals surface area contributed by atoms with Gasteiger partial charge in [0, 0.05) is 49.5 Å². The van der Waals surface area contributed by atoms with Gasteiger partial charge in [-0.2, -0.15) is 0 Å². The molecule has 1 aliphatic rings. The third-order valence-corrected chi connectivity index (χ3v) is 5.70. The third-order valence-electron chi connectivity index (χ3n) is 5.70. The second kappa shape index (κ2) is 4.48. The molecular weight excluding hydrogens is 415 g/mol. The number of aliphatic hydroxyl groups excluding tert-OH is 1. The minimum atomic E-state index is -0.699. The largest absolute Gasteiger partial charge is 0.367 e. The summed E-state index contributed by atoms with van der Waals surface area (Å²) in [5.41, 5.74) is -0.554. The Labute approximate surface area is 136 Å². The van der Waals surface area contributed by atoms with E-state index < -0.39 is 6.29 Å². The molecule has 3 heteroatoms. The predicted molar refractivity (Wildman–Crippen MR) is 62.5 cm³/mol. The predicted octanol–water partition coefficient (Wildman–Crippen LogP) is 3.19. The summed E-state index contributed by atoms with van der Waals surface area (Å²) in [5, 5.41) is 10.1. The van der Waals surface area contributed by atoms with Gasteiger partial charge in [-0.15, -0.1) is 0 Å². The molecule has 0 saturated carbocycles. The summed E-state index contributed by atoms with van der Waals surface area (Å²) in [7, 11) is 0. The first-order chi connectivity index (χ1) is 6.38. The Morgan fingerprint density at radius 2 is 1.19 bits per heavy atom. The quantitative estimate of drug-likeness (QED) is 0.626. The Kier molecular flexibility index (Phi) is 4.86. The van der Waals surface area contributed by atoms with Crippen LogP contribution in [0, 0.1) is 60.3 Å². The second-order valence-electron chi connectivity index (χ2n) is 6.95. The maximum Gasteiger partial charge on any atom is 0.160 e. The Balaban J connectivity index is 0.00000225. The maximum absolute atomic E-state index is 10.1. The van der Waals surface area contributed by atoms with E-state index in [4.69, 9.17) is 4.74 Å². The molecule has 0 amide bonds. The summed E-state index contributed by atoms with van der Waals surface area (Å²) in [6, 6.07) is 0. The summed E-state index contributed by atoms with van der Waals surface area (Å²) in [5.74, 6) is 0. The van der Waals surface area contributed by atoms with Crippen molar-refractivity contribution in [2.24, 2.45) is 16.2 Å². The Morgan fingerprint density at radius 3 is 1.56 bits per heavy atom. The van der Waals surface area contributed by atoms with Crippen LogP contribution in [-0.4, -0.2) is 17.0 Å². The molecule has 1 fully saturated rings. The minimum absolute atomic E-state index is 0. The van der Waals surface area contributed by atoms with Gasteiger partial charge in [0.05, 0.1) is 5.60 Å². The van der Waals surface area contributed by atoms with E-state index >= 15 is 0 Å². The van der Waals surface area contributed by atoms with Crippen LogP contribution < -0.4 is 0 Å². The standard InChI is InChI=1S/C13H26O2.Ac/c1-10(2)9(14)15-13(7,8)12(5,6)11(10,3)4;/h9,14H,1-8H3;. The van der Waals surface area contributed by atoms with E-state index in [1.54, 1.807) is 0 Å². The van der Waals surface area contributed by atoms with Crippen molar-refractivity contribution in [1.29, 1.82) is 0 Å². The van der Waals surface area contributed by atoms with Gasteiger partial charge in [0.1, 0.15) is 0 Å². The van der Waals surface area contributed by atoms with E-state index in [9.17, 15) is 5.11 Å². The summed E-state index contributed by atoms with van der Waals surface area (Å²) in [4.78, 5) is 0. The van der Waals surface area contributed by atoms with Crippen molar-refractivity contribution in [3.05, 3.63) is 0 Å². The zero-order valence-corrected chi connectivity index (χ0v) is 16.8. The molecular formula is C13H26AcO2. The van der Waals surface area contributed by atoms with Crippen molar-refractivity contribution in [3.63, 3.8) is 0 Å². The van der Waals surface area contributed by atoms with Gasteiger partial charge < -0.3 is 9.84 Å². The number of rotatable bonds is 0. The zero-order chi connectivity index (χ0) is 12.3. The topological polar surface area (TPSA) is 29.5 Å². The molecule has 0 aromatic heterocycles. The molecule has 0 aromatic carbocycles. The van der Waals surface area contributed by atoms with Crippen LogP contribution in [0.1, 0.15) is 55.4 Å². The second-order valence-corrected chi connectivity index (χ2v) is 6.95. The molecule has 1 atom stereocenters. The molecule has 16 heavy (non-hydrogen) atoms. The van der Waals surface area contributed by atoms with Gasteiger partial charge in [0.2, 0.25) is 0 Å². The fourth-order valence-corrected chi connectivity index (χ4v) is 2.44. The van der Waals surface area contributed by atoms with Crippen LogP contribution in [0.3, 0.4) is 0 Å². The van der Waals surface area contributed by atoms with Crippen molar-refractivity contribution in [2.45, 2.75) is 67.3 Å². The Bertz CT molecular complexity index is 267. The Morgan fingerprint density at radius 1 is 0.812 bits per heavy atom. The molecule has 1 N–H and O–H groups in total. The van der Waals surface area contributed by atoms with Gasteiger partial charge in [0.15, 0.2) is 6.29 Å². The molecule has 0 aromatic rings. The SMILES string of the molecule is CC1(C)OC(O)C(C)(C)C(C)(C)C1(C)C.[Ac]. The van der Waals surface area contributed by atoms with Gasteiger partial charge in [-0.05, 0) is 24.7 Å². The van der Waals surface area contributed by atoms with Gasteiger partial charge in [-0.1, -0.05) is 41.5 Å². The number of ether oxygens (including phenoxy) is 1. The molecule has 93 valence electrons. The van der Waals surface area contributed by atoms with E-state index in [2.05, 4.69) is 55.4 Å². The van der Waals surface area contributed by atoms with Crippen LogP contribution >= 0.6 is 0 Å². The fourth-order valence-electron chi connectivity index (χ4n) is 2.44. The minimum Gasteiger partial charge on any atom is -0.367 e. The van der Waals surface area contributed by atoms with E-state index in [0.717, 1.165) is 0 Å². The van der Waals surface area contributed by atoms with Crippen LogP contribution in [0.25, 0.3) is 0 Å². The first-order valence-electron chi connectivity index (χ1n) is 5.74. The normalized spacial score (nSPS) is 33.9. The van der Waals surface area contributed by atoms with Gasteiger partial charge in [0.25, 0.3) is 0 Å². The maximum atomic E-state index is 10.1. The first-order valence-corrected chi connectivity index (χ1v) is 5.74. The van der Waals surface area contributed by atoms with E-state index in [-0.39, 0.29) is 65.9 Å². The van der Waals surface area contributed by atoms with Crippen molar-refractivity contribution in [3.8, 4) is 0 Å². The van der Waals surface area contributed by atoms with Crippen LogP contribution in [0.4, 0.5) is 0 Å². The van der Waals surface area contributed by atoms with Crippen molar-refractivity contribution in [1.82, 2.24) is 0 Å². The van der Waals surface area contributed by atoms with E-state index in [1.807, 2.05) is 0 Å². The first kappa shape index (κ1) is 17.4. The third kappa shape index (κ3) is 2.05. The molecule has 1 rings (SSSR count). The van der Waals surface area contributed by atoms with Crippen molar-refractivity contribution < 1.29 is 53.9 Å². The van der Waals surface area contributed by atoms with Crippen LogP contribution in [0.2, 0.25) is 0 Å². The molecule has 1 saturated heterocycles. The Hall–Kier alpha value is 1.36. The fraction of sp³-hybridized carbons (Fsp3) is 1.00. The average Bonchev–Trinajstić information content (AvgIpc) is 2.00. The van der Waals surface area contributed by atoms with Gasteiger partial charge in [-0.3, -0.25) is 0 Å². The molecule has 1 heterocycles. The van der Waals surface area contributed by atoms with E-state index in [0.29, 0.717) is 0 Å². The van der Waals surface area contributed by atoms with Crippen molar-refractivity contribution >= 4 is 0 Å². The monoisotopic (exact) mass is 441 g/mol. The van der Waals surface area contributed by atoms with E-state index in [1.165, 1.54) is 0 Å². The molecule has 0 spiro atoms. The zero-order valence-electron chi connectivity index (χ0n) is 12.0. The summed E-state index contributed by atoms with van der Waals surface area (Å²) in [6.45, 7) is 17.2. The summed E-state index contributed by atoms with van der Waals surface area (Å²) >= 11 is 0. The summed E-state index contributed by atoms with van der Waals surface area (Å²) in [6.07, 6.45) is -0.699. The number of aliphatic hydroxyl groups is 1. The molecule has 0 bridgehead atoms. The van der Waals surface area contributed by atoms with Crippen molar-refractivity contribution in [2.75, 3.05) is 0 Å². The summed E-state index contributed by atoms with van der Waals surface area (Å²) < 4.78 is 5.80. The van der Waals surface area contributed by atoms with Crippen LogP contribution in [-0.2, 0) is 4.74 Å². The molecule has 1 radical (unpaired) electrons. The molecule has 2 nitrogen and oxygen atoms in total. The smallest absolute Gasteiger partial charge is 0.160 e. The molecule has 0 aliphatic carbocycles. The number of hydrogen-bond donors (Lipinski definition) is 1. The molecule has 1 aliphatic heterocycles. The van der Waals surface area contributed by atoms with Gasteiger partial charge in [-0.25, -0.2) is 0 Å².